The molecule has 0 aliphatic carbocycles. The molecule has 1 N–H and O–H groups in total. The van der Waals surface area contributed by atoms with Crippen molar-refractivity contribution in [2.45, 2.75) is 32.2 Å². The van der Waals surface area contributed by atoms with Gasteiger partial charge in [0.1, 0.15) is 11.5 Å². The van der Waals surface area contributed by atoms with Gasteiger partial charge in [-0.3, -0.25) is 4.79 Å². The average Bonchev–Trinajstić information content (AvgIpc) is 2.56. The summed E-state index contributed by atoms with van der Waals surface area (Å²) in [5, 5.41) is 8.88. The predicted molar refractivity (Wildman–Crippen MR) is 91.0 cm³/mol. The van der Waals surface area contributed by atoms with Gasteiger partial charge in [-0.2, -0.15) is 0 Å². The Bertz CT molecular complexity index is 591. The Labute approximate surface area is 142 Å². The van der Waals surface area contributed by atoms with Crippen LogP contribution in [0.15, 0.2) is 12.1 Å². The van der Waals surface area contributed by atoms with Crippen LogP contribution in [-0.4, -0.2) is 43.8 Å². The second-order valence-corrected chi connectivity index (χ2v) is 6.37. The Morgan fingerprint density at radius 2 is 2.04 bits per heavy atom. The standard InChI is InChI=1S/C17H23ClN2O3/c1-11-4-5-12(9-20(11)10-21)6-15(19)13-7-14(18)17(23-3)8-16(13)22-2/h7-8,10-12,19H,4-6,9H2,1-3H3. The monoisotopic (exact) mass is 338 g/mol. The molecule has 6 heteroatoms. The van der Waals surface area contributed by atoms with Crippen molar-refractivity contribution in [3.8, 4) is 11.5 Å². The van der Waals surface area contributed by atoms with Crippen LogP contribution in [0.3, 0.4) is 0 Å². The molecule has 1 aliphatic rings. The van der Waals surface area contributed by atoms with Gasteiger partial charge < -0.3 is 19.8 Å². The van der Waals surface area contributed by atoms with Gasteiger partial charge in [-0.15, -0.1) is 0 Å². The van der Waals surface area contributed by atoms with E-state index in [9.17, 15) is 4.79 Å². The Morgan fingerprint density at radius 3 is 2.65 bits per heavy atom. The van der Waals surface area contributed by atoms with Gasteiger partial charge >= 0.3 is 0 Å². The number of halogens is 1. The molecule has 0 radical (unpaired) electrons. The molecule has 0 spiro atoms. The van der Waals surface area contributed by atoms with E-state index in [1.807, 2.05) is 4.90 Å². The quantitative estimate of drug-likeness (QED) is 0.639. The maximum atomic E-state index is 11.1. The molecule has 126 valence electrons. The fourth-order valence-electron chi connectivity index (χ4n) is 3.02. The molecule has 2 atom stereocenters. The molecule has 1 amide bonds. The number of hydrogen-bond acceptors (Lipinski definition) is 4. The van der Waals surface area contributed by atoms with Crippen molar-refractivity contribution in [1.82, 2.24) is 4.90 Å². The number of carbonyl (C=O) groups is 1. The first-order valence-electron chi connectivity index (χ1n) is 7.70. The lowest BCUT2D eigenvalue weighted by Crippen LogP contribution is -2.41. The maximum Gasteiger partial charge on any atom is 0.209 e. The van der Waals surface area contributed by atoms with Gasteiger partial charge in [-0.25, -0.2) is 0 Å². The number of piperidine rings is 1. The van der Waals surface area contributed by atoms with Crippen molar-refractivity contribution in [3.63, 3.8) is 0 Å². The molecule has 0 saturated carbocycles. The zero-order valence-corrected chi connectivity index (χ0v) is 14.5. The van der Waals surface area contributed by atoms with Crippen molar-refractivity contribution in [1.29, 1.82) is 5.41 Å². The summed E-state index contributed by atoms with van der Waals surface area (Å²) < 4.78 is 10.6. The molecule has 23 heavy (non-hydrogen) atoms. The smallest absolute Gasteiger partial charge is 0.209 e. The number of likely N-dealkylation sites (tertiary alicyclic amines) is 1. The van der Waals surface area contributed by atoms with Gasteiger partial charge in [0.15, 0.2) is 0 Å². The van der Waals surface area contributed by atoms with Crippen LogP contribution in [-0.2, 0) is 4.79 Å². The number of amides is 1. The highest BCUT2D eigenvalue weighted by molar-refractivity contribution is 6.32. The SMILES string of the molecule is COc1cc(OC)c(C(=N)CC2CCC(C)N(C=O)C2)cc1Cl. The van der Waals surface area contributed by atoms with Crippen molar-refractivity contribution < 1.29 is 14.3 Å². The molecule has 1 saturated heterocycles. The van der Waals surface area contributed by atoms with E-state index in [2.05, 4.69) is 6.92 Å². The van der Waals surface area contributed by atoms with Gasteiger partial charge in [0.2, 0.25) is 6.41 Å². The Morgan fingerprint density at radius 1 is 1.35 bits per heavy atom. The second kappa shape index (κ2) is 7.68. The van der Waals surface area contributed by atoms with Crippen molar-refractivity contribution >= 4 is 23.7 Å². The van der Waals surface area contributed by atoms with Crippen molar-refractivity contribution in [2.75, 3.05) is 20.8 Å². The molecular weight excluding hydrogens is 316 g/mol. The maximum absolute atomic E-state index is 11.1. The van der Waals surface area contributed by atoms with Gasteiger partial charge in [0.25, 0.3) is 0 Å². The Kier molecular flexibility index (Phi) is 5.88. The lowest BCUT2D eigenvalue weighted by molar-refractivity contribution is -0.122. The van der Waals surface area contributed by atoms with E-state index in [-0.39, 0.29) is 12.0 Å². The lowest BCUT2D eigenvalue weighted by atomic mass is 9.88. The van der Waals surface area contributed by atoms with Gasteiger partial charge in [-0.05, 0) is 38.2 Å². The lowest BCUT2D eigenvalue weighted by Gasteiger charge is -2.35. The van der Waals surface area contributed by atoms with E-state index in [1.165, 1.54) is 0 Å². The largest absolute Gasteiger partial charge is 0.496 e. The number of nitrogens with zero attached hydrogens (tertiary/aromatic N) is 1. The second-order valence-electron chi connectivity index (χ2n) is 5.96. The third kappa shape index (κ3) is 3.96. The zero-order chi connectivity index (χ0) is 17.0. The van der Waals surface area contributed by atoms with Crippen LogP contribution in [0.25, 0.3) is 0 Å². The van der Waals surface area contributed by atoms with Gasteiger partial charge in [-0.1, -0.05) is 11.6 Å². The van der Waals surface area contributed by atoms with E-state index in [1.54, 1.807) is 26.4 Å². The first-order valence-corrected chi connectivity index (χ1v) is 8.08. The number of ether oxygens (including phenoxy) is 2. The summed E-state index contributed by atoms with van der Waals surface area (Å²) in [4.78, 5) is 12.9. The van der Waals surface area contributed by atoms with Crippen LogP contribution in [0.1, 0.15) is 31.7 Å². The summed E-state index contributed by atoms with van der Waals surface area (Å²) in [6.07, 6.45) is 3.48. The fraction of sp³-hybridized carbons (Fsp3) is 0.529. The highest BCUT2D eigenvalue weighted by Crippen LogP contribution is 2.34. The molecule has 1 fully saturated rings. The number of rotatable bonds is 6. The van der Waals surface area contributed by atoms with E-state index in [0.29, 0.717) is 40.8 Å². The summed E-state index contributed by atoms with van der Waals surface area (Å²) in [6.45, 7) is 2.75. The van der Waals surface area contributed by atoms with Crippen molar-refractivity contribution in [3.05, 3.63) is 22.7 Å². The molecule has 1 heterocycles. The minimum atomic E-state index is 0.280. The number of hydrogen-bond donors (Lipinski definition) is 1. The van der Waals surface area contributed by atoms with Gasteiger partial charge in [0.05, 0.1) is 19.2 Å². The van der Waals surface area contributed by atoms with Crippen LogP contribution in [0, 0.1) is 11.3 Å². The van der Waals surface area contributed by atoms with Crippen LogP contribution in [0.2, 0.25) is 5.02 Å². The summed E-state index contributed by atoms with van der Waals surface area (Å²) >= 11 is 6.18. The number of nitrogens with one attached hydrogen (secondary N) is 1. The molecule has 1 aromatic rings. The molecule has 2 rings (SSSR count). The third-order valence-electron chi connectivity index (χ3n) is 4.46. The fourth-order valence-corrected chi connectivity index (χ4v) is 3.26. The summed E-state index contributed by atoms with van der Waals surface area (Å²) in [7, 11) is 3.11. The normalized spacial score (nSPS) is 21.0. The molecule has 5 nitrogen and oxygen atoms in total. The summed E-state index contributed by atoms with van der Waals surface area (Å²) in [5.41, 5.74) is 1.14. The van der Waals surface area contributed by atoms with E-state index < -0.39 is 0 Å². The van der Waals surface area contributed by atoms with Crippen molar-refractivity contribution in [2.24, 2.45) is 5.92 Å². The zero-order valence-electron chi connectivity index (χ0n) is 13.8. The van der Waals surface area contributed by atoms with Crippen LogP contribution >= 0.6 is 11.6 Å². The van der Waals surface area contributed by atoms with Crippen LogP contribution in [0.4, 0.5) is 0 Å². The Balaban J connectivity index is 2.14. The number of carbonyl (C=O) groups excluding carboxylic acids is 1. The first-order chi connectivity index (χ1) is 11.0. The minimum Gasteiger partial charge on any atom is -0.496 e. The number of methoxy groups -OCH3 is 2. The molecule has 0 aromatic heterocycles. The molecule has 2 unspecified atom stereocenters. The third-order valence-corrected chi connectivity index (χ3v) is 4.75. The highest BCUT2D eigenvalue weighted by atomic mass is 35.5. The average molecular weight is 339 g/mol. The molecule has 1 aliphatic heterocycles. The van der Waals surface area contributed by atoms with Gasteiger partial charge in [0, 0.05) is 29.9 Å². The summed E-state index contributed by atoms with van der Waals surface area (Å²) in [5.74, 6) is 1.39. The Hall–Kier alpha value is -1.75. The van der Waals surface area contributed by atoms with E-state index in [0.717, 1.165) is 19.3 Å². The molecule has 0 bridgehead atoms. The number of benzene rings is 1. The van der Waals surface area contributed by atoms with Crippen LogP contribution in [0.5, 0.6) is 11.5 Å². The summed E-state index contributed by atoms with van der Waals surface area (Å²) in [6, 6.07) is 3.69. The molecular formula is C17H23ClN2O3. The van der Waals surface area contributed by atoms with E-state index in [4.69, 9.17) is 26.5 Å². The molecule has 1 aromatic carbocycles. The minimum absolute atomic E-state index is 0.280. The highest BCUT2D eigenvalue weighted by Gasteiger charge is 2.26. The first kappa shape index (κ1) is 17.6. The van der Waals surface area contributed by atoms with E-state index >= 15 is 0 Å². The topological polar surface area (TPSA) is 62.6 Å². The predicted octanol–water partition coefficient (Wildman–Crippen LogP) is 3.37. The van der Waals surface area contributed by atoms with Crippen LogP contribution < -0.4 is 9.47 Å².